The molecule has 0 bridgehead atoms. The van der Waals surface area contributed by atoms with E-state index in [4.69, 9.17) is 0 Å². The Morgan fingerprint density at radius 2 is 2.14 bits per heavy atom. The third kappa shape index (κ3) is 7.16. The van der Waals surface area contributed by atoms with Crippen LogP contribution in [0.3, 0.4) is 0 Å². The fourth-order valence-electron chi connectivity index (χ4n) is 2.24. The van der Waals surface area contributed by atoms with Crippen LogP contribution in [0.25, 0.3) is 0 Å². The van der Waals surface area contributed by atoms with Gasteiger partial charge in [-0.15, -0.1) is 24.2 Å². The van der Waals surface area contributed by atoms with Gasteiger partial charge in [0, 0.05) is 23.6 Å². The fourth-order valence-corrected chi connectivity index (χ4v) is 3.09. The summed E-state index contributed by atoms with van der Waals surface area (Å²) in [6.45, 7) is 2.87. The number of benzene rings is 1. The average Bonchev–Trinajstić information content (AvgIpc) is 2.48. The van der Waals surface area contributed by atoms with Gasteiger partial charge in [-0.05, 0) is 56.1 Å². The highest BCUT2D eigenvalue weighted by atomic mass is 35.5. The highest BCUT2D eigenvalue weighted by molar-refractivity contribution is 7.99. The molecule has 1 aromatic carbocycles. The van der Waals surface area contributed by atoms with Crippen LogP contribution in [0.2, 0.25) is 0 Å². The van der Waals surface area contributed by atoms with Crippen LogP contribution in [0.1, 0.15) is 19.3 Å². The SMILES string of the molecule is Cl.O=C(CCSc1ccc(F)cc1)NCC1CCCNC1. The lowest BCUT2D eigenvalue weighted by atomic mass is 10.00. The number of rotatable bonds is 6. The normalized spacial score (nSPS) is 17.9. The van der Waals surface area contributed by atoms with Crippen molar-refractivity contribution >= 4 is 30.1 Å². The number of carbonyl (C=O) groups excluding carboxylic acids is 1. The fraction of sp³-hybridized carbons (Fsp3) is 0.533. The number of amides is 1. The van der Waals surface area contributed by atoms with Gasteiger partial charge in [0.05, 0.1) is 0 Å². The van der Waals surface area contributed by atoms with Crippen LogP contribution in [0.15, 0.2) is 29.2 Å². The van der Waals surface area contributed by atoms with E-state index in [-0.39, 0.29) is 24.1 Å². The maximum Gasteiger partial charge on any atom is 0.220 e. The smallest absolute Gasteiger partial charge is 0.220 e. The second-order valence-electron chi connectivity index (χ2n) is 5.07. The van der Waals surface area contributed by atoms with Gasteiger partial charge in [-0.1, -0.05) is 0 Å². The monoisotopic (exact) mass is 332 g/mol. The molecule has 21 heavy (non-hydrogen) atoms. The average molecular weight is 333 g/mol. The van der Waals surface area contributed by atoms with Gasteiger partial charge in [0.2, 0.25) is 5.91 Å². The molecule has 6 heteroatoms. The first-order valence-electron chi connectivity index (χ1n) is 7.10. The van der Waals surface area contributed by atoms with Gasteiger partial charge in [-0.3, -0.25) is 4.79 Å². The summed E-state index contributed by atoms with van der Waals surface area (Å²) in [5.41, 5.74) is 0. The van der Waals surface area contributed by atoms with Crippen molar-refractivity contribution in [1.82, 2.24) is 10.6 Å². The van der Waals surface area contributed by atoms with E-state index in [1.807, 2.05) is 0 Å². The maximum absolute atomic E-state index is 12.7. The van der Waals surface area contributed by atoms with Gasteiger partial charge >= 0.3 is 0 Å². The van der Waals surface area contributed by atoms with Gasteiger partial charge in [0.25, 0.3) is 0 Å². The van der Waals surface area contributed by atoms with Gasteiger partial charge < -0.3 is 10.6 Å². The van der Waals surface area contributed by atoms with Crippen molar-refractivity contribution in [2.24, 2.45) is 5.92 Å². The Morgan fingerprint density at radius 1 is 1.38 bits per heavy atom. The summed E-state index contributed by atoms with van der Waals surface area (Å²) in [5, 5.41) is 6.34. The number of carbonyl (C=O) groups is 1. The lowest BCUT2D eigenvalue weighted by molar-refractivity contribution is -0.120. The van der Waals surface area contributed by atoms with Crippen molar-refractivity contribution in [3.8, 4) is 0 Å². The number of halogens is 2. The molecule has 0 saturated carbocycles. The largest absolute Gasteiger partial charge is 0.356 e. The third-order valence-electron chi connectivity index (χ3n) is 3.40. The lowest BCUT2D eigenvalue weighted by Gasteiger charge is -2.22. The van der Waals surface area contributed by atoms with E-state index in [1.165, 1.54) is 25.0 Å². The van der Waals surface area contributed by atoms with Crippen molar-refractivity contribution < 1.29 is 9.18 Å². The van der Waals surface area contributed by atoms with Crippen molar-refractivity contribution in [2.75, 3.05) is 25.4 Å². The second kappa shape index (κ2) is 10.0. The summed E-state index contributed by atoms with van der Waals surface area (Å²) in [4.78, 5) is 12.7. The molecule has 1 fully saturated rings. The zero-order valence-electron chi connectivity index (χ0n) is 11.9. The third-order valence-corrected chi connectivity index (χ3v) is 4.41. The van der Waals surface area contributed by atoms with E-state index in [9.17, 15) is 9.18 Å². The Labute approximate surface area is 135 Å². The van der Waals surface area contributed by atoms with Crippen molar-refractivity contribution in [3.63, 3.8) is 0 Å². The van der Waals surface area contributed by atoms with Crippen LogP contribution < -0.4 is 10.6 Å². The topological polar surface area (TPSA) is 41.1 Å². The van der Waals surface area contributed by atoms with Gasteiger partial charge in [-0.2, -0.15) is 0 Å². The molecule has 0 aliphatic carbocycles. The van der Waals surface area contributed by atoms with Crippen molar-refractivity contribution in [2.45, 2.75) is 24.2 Å². The second-order valence-corrected chi connectivity index (χ2v) is 6.24. The summed E-state index contributed by atoms with van der Waals surface area (Å²) in [6, 6.07) is 6.37. The zero-order chi connectivity index (χ0) is 14.2. The highest BCUT2D eigenvalue weighted by Crippen LogP contribution is 2.18. The van der Waals surface area contributed by atoms with E-state index in [0.29, 0.717) is 12.3 Å². The van der Waals surface area contributed by atoms with Gasteiger partial charge in [0.15, 0.2) is 0 Å². The van der Waals surface area contributed by atoms with Gasteiger partial charge in [-0.25, -0.2) is 4.39 Å². The Morgan fingerprint density at radius 3 is 2.81 bits per heavy atom. The molecule has 1 aliphatic rings. The van der Waals surface area contributed by atoms with Crippen molar-refractivity contribution in [1.29, 1.82) is 0 Å². The number of hydrogen-bond acceptors (Lipinski definition) is 3. The minimum absolute atomic E-state index is 0. The molecule has 1 heterocycles. The lowest BCUT2D eigenvalue weighted by Crippen LogP contribution is -2.38. The molecule has 0 aromatic heterocycles. The molecule has 1 unspecified atom stereocenters. The first-order chi connectivity index (χ1) is 9.74. The van der Waals surface area contributed by atoms with E-state index in [1.54, 1.807) is 23.9 Å². The summed E-state index contributed by atoms with van der Waals surface area (Å²) < 4.78 is 12.7. The Kier molecular flexibility index (Phi) is 8.73. The standard InChI is InChI=1S/C15H21FN2OS.ClH/c16-13-3-5-14(6-4-13)20-9-7-15(19)18-11-12-2-1-8-17-10-12;/h3-6,12,17H,1-2,7-11H2,(H,18,19);1H. The number of thioether (sulfide) groups is 1. The molecule has 2 rings (SSSR count). The molecule has 2 N–H and O–H groups in total. The molecule has 0 spiro atoms. The summed E-state index contributed by atoms with van der Waals surface area (Å²) >= 11 is 1.58. The minimum atomic E-state index is -0.229. The molecule has 1 aliphatic heterocycles. The molecular weight excluding hydrogens is 311 g/mol. The van der Waals surface area contributed by atoms with Crippen molar-refractivity contribution in [3.05, 3.63) is 30.1 Å². The Balaban J connectivity index is 0.00000220. The van der Waals surface area contributed by atoms with Crippen LogP contribution >= 0.6 is 24.2 Å². The number of hydrogen-bond donors (Lipinski definition) is 2. The predicted molar refractivity (Wildman–Crippen MR) is 87.6 cm³/mol. The van der Waals surface area contributed by atoms with Crippen LogP contribution in [0.5, 0.6) is 0 Å². The molecular formula is C15H22ClFN2OS. The Hall–Kier alpha value is -0.780. The predicted octanol–water partition coefficient (Wildman–Crippen LogP) is 2.85. The van der Waals surface area contributed by atoms with Crippen LogP contribution in [-0.4, -0.2) is 31.3 Å². The molecule has 118 valence electrons. The molecule has 1 amide bonds. The molecule has 0 radical (unpaired) electrons. The summed E-state index contributed by atoms with van der Waals surface area (Å²) in [5.74, 6) is 1.16. The van der Waals surface area contributed by atoms with E-state index in [0.717, 1.165) is 30.3 Å². The number of piperidine rings is 1. The molecule has 3 nitrogen and oxygen atoms in total. The van der Waals surface area contributed by atoms with E-state index < -0.39 is 0 Å². The van der Waals surface area contributed by atoms with E-state index >= 15 is 0 Å². The van der Waals surface area contributed by atoms with E-state index in [2.05, 4.69) is 10.6 Å². The van der Waals surface area contributed by atoms with Crippen LogP contribution in [0, 0.1) is 11.7 Å². The number of nitrogens with one attached hydrogen (secondary N) is 2. The zero-order valence-corrected chi connectivity index (χ0v) is 13.6. The molecule has 1 atom stereocenters. The Bertz CT molecular complexity index is 424. The van der Waals surface area contributed by atoms with Crippen LogP contribution in [-0.2, 0) is 4.79 Å². The molecule has 1 saturated heterocycles. The highest BCUT2D eigenvalue weighted by Gasteiger charge is 2.13. The molecule has 1 aromatic rings. The first kappa shape index (κ1) is 18.3. The summed E-state index contributed by atoms with van der Waals surface area (Å²) in [7, 11) is 0. The maximum atomic E-state index is 12.7. The first-order valence-corrected chi connectivity index (χ1v) is 8.08. The minimum Gasteiger partial charge on any atom is -0.356 e. The van der Waals surface area contributed by atoms with Crippen LogP contribution in [0.4, 0.5) is 4.39 Å². The quantitative estimate of drug-likeness (QED) is 0.787. The summed E-state index contributed by atoms with van der Waals surface area (Å²) in [6.07, 6.45) is 2.89. The van der Waals surface area contributed by atoms with Gasteiger partial charge in [0.1, 0.15) is 5.82 Å².